The Labute approximate surface area is 85.0 Å². The second kappa shape index (κ2) is 4.41. The van der Waals surface area contributed by atoms with Crippen molar-refractivity contribution in [3.8, 4) is 0 Å². The summed E-state index contributed by atoms with van der Waals surface area (Å²) in [6, 6.07) is 3.31. The van der Waals surface area contributed by atoms with Crippen molar-refractivity contribution in [2.75, 3.05) is 7.11 Å². The minimum absolute atomic E-state index is 0.000833. The number of methoxy groups -OCH3 is 1. The topological polar surface area (TPSA) is 84.9 Å². The van der Waals surface area contributed by atoms with Gasteiger partial charge in [0.1, 0.15) is 5.82 Å². The van der Waals surface area contributed by atoms with Crippen molar-refractivity contribution < 1.29 is 19.1 Å². The fraction of sp³-hybridized carbons (Fsp3) is 0.111. The summed E-state index contributed by atoms with van der Waals surface area (Å²) in [5, 5.41) is 11.1. The fourth-order valence-electron chi connectivity index (χ4n) is 1.03. The monoisotopic (exact) mass is 212 g/mol. The smallest absolute Gasteiger partial charge is 0.337 e. The summed E-state index contributed by atoms with van der Waals surface area (Å²) < 4.78 is 17.4. The van der Waals surface area contributed by atoms with Gasteiger partial charge in [-0.15, -0.1) is 0 Å². The molecule has 0 saturated heterocycles. The number of esters is 1. The van der Waals surface area contributed by atoms with E-state index in [1.54, 1.807) is 0 Å². The first-order chi connectivity index (χ1) is 7.08. The van der Waals surface area contributed by atoms with Gasteiger partial charge in [0.15, 0.2) is 5.84 Å². The molecule has 80 valence electrons. The second-order valence-electron chi connectivity index (χ2n) is 2.71. The maximum absolute atomic E-state index is 13.0. The minimum Gasteiger partial charge on any atom is -0.465 e. The summed E-state index contributed by atoms with van der Waals surface area (Å²) >= 11 is 0. The first-order valence-electron chi connectivity index (χ1n) is 3.95. The maximum atomic E-state index is 13.0. The Morgan fingerprint density at radius 3 is 2.60 bits per heavy atom. The molecule has 1 aromatic carbocycles. The number of carbonyl (C=O) groups excluding carboxylic acids is 1. The molecule has 0 aliphatic carbocycles. The van der Waals surface area contributed by atoms with Crippen molar-refractivity contribution in [1.82, 2.24) is 0 Å². The summed E-state index contributed by atoms with van der Waals surface area (Å²) in [6.45, 7) is 0. The van der Waals surface area contributed by atoms with Crippen molar-refractivity contribution >= 4 is 11.8 Å². The largest absolute Gasteiger partial charge is 0.465 e. The molecule has 0 saturated carbocycles. The van der Waals surface area contributed by atoms with Crippen LogP contribution in [0, 0.1) is 5.82 Å². The molecule has 0 radical (unpaired) electrons. The zero-order valence-corrected chi connectivity index (χ0v) is 7.90. The molecule has 0 amide bonds. The Kier molecular flexibility index (Phi) is 3.22. The lowest BCUT2D eigenvalue weighted by molar-refractivity contribution is 0.0600. The molecule has 1 rings (SSSR count). The molecule has 0 aliphatic heterocycles. The van der Waals surface area contributed by atoms with Crippen LogP contribution in [-0.2, 0) is 4.74 Å². The van der Waals surface area contributed by atoms with Gasteiger partial charge >= 0.3 is 5.97 Å². The van der Waals surface area contributed by atoms with Crippen molar-refractivity contribution in [2.24, 2.45) is 10.9 Å². The molecule has 0 aliphatic rings. The lowest BCUT2D eigenvalue weighted by atomic mass is 10.1. The van der Waals surface area contributed by atoms with E-state index in [0.29, 0.717) is 0 Å². The third-order valence-electron chi connectivity index (χ3n) is 1.72. The molecule has 0 unspecified atom stereocenters. The van der Waals surface area contributed by atoms with E-state index in [1.807, 2.05) is 0 Å². The van der Waals surface area contributed by atoms with E-state index in [9.17, 15) is 9.18 Å². The summed E-state index contributed by atoms with van der Waals surface area (Å²) in [5.74, 6) is -1.64. The van der Waals surface area contributed by atoms with Crippen LogP contribution in [0.15, 0.2) is 23.4 Å². The van der Waals surface area contributed by atoms with E-state index in [1.165, 1.54) is 13.2 Å². The molecular formula is C9H9FN2O3. The molecule has 0 atom stereocenters. The number of rotatable bonds is 2. The van der Waals surface area contributed by atoms with Crippen molar-refractivity contribution in [2.45, 2.75) is 0 Å². The lowest BCUT2D eigenvalue weighted by Gasteiger charge is -2.03. The number of nitrogens with two attached hydrogens (primary N) is 1. The SMILES string of the molecule is COC(=O)c1cc(F)cc(/C(N)=N/O)c1. The predicted octanol–water partition coefficient (Wildman–Crippen LogP) is 0.707. The van der Waals surface area contributed by atoms with Gasteiger partial charge in [-0.3, -0.25) is 0 Å². The zero-order valence-electron chi connectivity index (χ0n) is 7.90. The number of carbonyl (C=O) groups is 1. The number of amidine groups is 1. The molecule has 0 spiro atoms. The van der Waals surface area contributed by atoms with Crippen molar-refractivity contribution in [3.63, 3.8) is 0 Å². The Bertz CT molecular complexity index is 418. The van der Waals surface area contributed by atoms with Crippen LogP contribution in [0.5, 0.6) is 0 Å². The fourth-order valence-corrected chi connectivity index (χ4v) is 1.03. The molecule has 1 aromatic rings. The van der Waals surface area contributed by atoms with Crippen LogP contribution in [0.2, 0.25) is 0 Å². The van der Waals surface area contributed by atoms with Gasteiger partial charge in [0.05, 0.1) is 12.7 Å². The van der Waals surface area contributed by atoms with Crippen molar-refractivity contribution in [1.29, 1.82) is 0 Å². The number of benzene rings is 1. The van der Waals surface area contributed by atoms with Gasteiger partial charge < -0.3 is 15.7 Å². The maximum Gasteiger partial charge on any atom is 0.337 e. The molecule has 0 fully saturated rings. The zero-order chi connectivity index (χ0) is 11.4. The van der Waals surface area contributed by atoms with E-state index in [4.69, 9.17) is 10.9 Å². The third-order valence-corrected chi connectivity index (χ3v) is 1.72. The highest BCUT2D eigenvalue weighted by Gasteiger charge is 2.10. The second-order valence-corrected chi connectivity index (χ2v) is 2.71. The van der Waals surface area contributed by atoms with Gasteiger partial charge in [-0.1, -0.05) is 5.16 Å². The van der Waals surface area contributed by atoms with Crippen LogP contribution < -0.4 is 5.73 Å². The van der Waals surface area contributed by atoms with Crippen LogP contribution in [0.4, 0.5) is 4.39 Å². The highest BCUT2D eigenvalue weighted by Crippen LogP contribution is 2.10. The third kappa shape index (κ3) is 2.43. The summed E-state index contributed by atoms with van der Waals surface area (Å²) in [5.41, 5.74) is 5.36. The van der Waals surface area contributed by atoms with Crippen LogP contribution in [0.3, 0.4) is 0 Å². The normalized spacial score (nSPS) is 11.2. The summed E-state index contributed by atoms with van der Waals surface area (Å²) in [6.07, 6.45) is 0. The van der Waals surface area contributed by atoms with Gasteiger partial charge in [-0.2, -0.15) is 0 Å². The number of hydrogen-bond acceptors (Lipinski definition) is 4. The van der Waals surface area contributed by atoms with Crippen LogP contribution >= 0.6 is 0 Å². The van der Waals surface area contributed by atoms with E-state index >= 15 is 0 Å². The Morgan fingerprint density at radius 2 is 2.07 bits per heavy atom. The molecule has 0 aromatic heterocycles. The Hall–Kier alpha value is -2.11. The average molecular weight is 212 g/mol. The number of ether oxygens (including phenoxy) is 1. The van der Waals surface area contributed by atoms with Crippen LogP contribution in [0.1, 0.15) is 15.9 Å². The standard InChI is InChI=1S/C9H9FN2O3/c1-15-9(13)6-2-5(8(11)12-14)3-7(10)4-6/h2-4,14H,1H3,(H2,11,12). The molecular weight excluding hydrogens is 203 g/mol. The number of hydrogen-bond donors (Lipinski definition) is 2. The minimum atomic E-state index is -0.693. The first kappa shape index (κ1) is 11.0. The highest BCUT2D eigenvalue weighted by atomic mass is 19.1. The number of halogens is 1. The predicted molar refractivity (Wildman–Crippen MR) is 50.3 cm³/mol. The quantitative estimate of drug-likeness (QED) is 0.248. The average Bonchev–Trinajstić information content (AvgIpc) is 2.26. The van der Waals surface area contributed by atoms with Gasteiger partial charge in [-0.05, 0) is 18.2 Å². The molecule has 15 heavy (non-hydrogen) atoms. The number of oxime groups is 1. The molecule has 0 bridgehead atoms. The van der Waals surface area contributed by atoms with Gasteiger partial charge in [0, 0.05) is 5.56 Å². The van der Waals surface area contributed by atoms with Crippen LogP contribution in [-0.4, -0.2) is 24.1 Å². The van der Waals surface area contributed by atoms with Gasteiger partial charge in [0.25, 0.3) is 0 Å². The summed E-state index contributed by atoms with van der Waals surface area (Å²) in [4.78, 5) is 11.1. The van der Waals surface area contributed by atoms with Gasteiger partial charge in [-0.25, -0.2) is 9.18 Å². The highest BCUT2D eigenvalue weighted by molar-refractivity contribution is 5.99. The Morgan fingerprint density at radius 1 is 1.47 bits per heavy atom. The molecule has 3 N–H and O–H groups in total. The summed E-state index contributed by atoms with van der Waals surface area (Å²) in [7, 11) is 1.18. The van der Waals surface area contributed by atoms with Gasteiger partial charge in [0.2, 0.25) is 0 Å². The lowest BCUT2D eigenvalue weighted by Crippen LogP contribution is -2.14. The van der Waals surface area contributed by atoms with E-state index in [0.717, 1.165) is 12.1 Å². The molecule has 0 heterocycles. The van der Waals surface area contributed by atoms with Crippen LogP contribution in [0.25, 0.3) is 0 Å². The van der Waals surface area contributed by atoms with Crippen molar-refractivity contribution in [3.05, 3.63) is 35.1 Å². The number of nitrogens with zero attached hydrogens (tertiary/aromatic N) is 1. The van der Waals surface area contributed by atoms with E-state index in [2.05, 4.69) is 9.89 Å². The van der Waals surface area contributed by atoms with E-state index < -0.39 is 11.8 Å². The first-order valence-corrected chi connectivity index (χ1v) is 3.95. The Balaban J connectivity index is 3.22. The van der Waals surface area contributed by atoms with E-state index in [-0.39, 0.29) is 17.0 Å². The molecule has 5 nitrogen and oxygen atoms in total. The molecule has 6 heteroatoms.